The Bertz CT molecular complexity index is 936. The van der Waals surface area contributed by atoms with Gasteiger partial charge in [-0.25, -0.2) is 4.98 Å². The van der Waals surface area contributed by atoms with Crippen LogP contribution in [0.15, 0.2) is 47.7 Å². The highest BCUT2D eigenvalue weighted by Gasteiger charge is 2.18. The van der Waals surface area contributed by atoms with Gasteiger partial charge in [-0.1, -0.05) is 11.6 Å². The molecule has 0 aromatic carbocycles. The van der Waals surface area contributed by atoms with Crippen LogP contribution in [-0.4, -0.2) is 33.9 Å². The van der Waals surface area contributed by atoms with Gasteiger partial charge < -0.3 is 5.41 Å². The van der Waals surface area contributed by atoms with E-state index in [-0.39, 0.29) is 5.92 Å². The molecule has 0 aliphatic rings. The monoisotopic (exact) mass is 337 g/mol. The molecule has 0 spiro atoms. The minimum Gasteiger partial charge on any atom is -0.304 e. The van der Waals surface area contributed by atoms with Crippen LogP contribution in [-0.2, 0) is 0 Å². The summed E-state index contributed by atoms with van der Waals surface area (Å²) in [5.74, 6) is -0.311. The molecule has 1 N–H and O–H groups in total. The van der Waals surface area contributed by atoms with Crippen molar-refractivity contribution < 1.29 is 0 Å². The van der Waals surface area contributed by atoms with E-state index in [1.807, 2.05) is 31.2 Å². The van der Waals surface area contributed by atoms with E-state index in [4.69, 9.17) is 17.0 Å². The van der Waals surface area contributed by atoms with Gasteiger partial charge in [0.1, 0.15) is 5.15 Å². The van der Waals surface area contributed by atoms with Gasteiger partial charge in [0.2, 0.25) is 0 Å². The number of hydrogen-bond donors (Lipinski definition) is 1. The minimum absolute atomic E-state index is 0.311. The highest BCUT2D eigenvalue weighted by Crippen LogP contribution is 2.23. The molecule has 0 bridgehead atoms. The summed E-state index contributed by atoms with van der Waals surface area (Å²) in [7, 11) is 1.70. The lowest BCUT2D eigenvalue weighted by molar-refractivity contribution is 1.14. The normalized spacial score (nSPS) is 12.6. The van der Waals surface area contributed by atoms with E-state index in [1.165, 1.54) is 0 Å². The maximum Gasteiger partial charge on any atom is 0.129 e. The summed E-state index contributed by atoms with van der Waals surface area (Å²) in [6.07, 6.45) is 5.21. The van der Waals surface area contributed by atoms with Crippen LogP contribution in [0.5, 0.6) is 0 Å². The summed E-state index contributed by atoms with van der Waals surface area (Å²) in [5.41, 5.74) is 4.44. The number of fused-ring (bicyclic) bond motifs is 1. The number of pyridine rings is 3. The molecule has 3 rings (SSSR count). The molecular weight excluding hydrogens is 322 g/mol. The van der Waals surface area contributed by atoms with Gasteiger partial charge in [0.25, 0.3) is 0 Å². The van der Waals surface area contributed by atoms with Crippen molar-refractivity contribution in [3.8, 4) is 0 Å². The van der Waals surface area contributed by atoms with E-state index in [2.05, 4.69) is 19.9 Å². The molecule has 1 unspecified atom stereocenters. The molecule has 0 amide bonds. The Morgan fingerprint density at radius 1 is 1.21 bits per heavy atom. The second-order valence-corrected chi connectivity index (χ2v) is 5.81. The molecule has 120 valence electrons. The lowest BCUT2D eigenvalue weighted by atomic mass is 9.91. The predicted molar refractivity (Wildman–Crippen MR) is 97.5 cm³/mol. The quantitative estimate of drug-likeness (QED) is 0.580. The zero-order valence-electron chi connectivity index (χ0n) is 13.4. The van der Waals surface area contributed by atoms with Gasteiger partial charge in [-0.05, 0) is 48.4 Å². The molecule has 6 heteroatoms. The molecule has 3 heterocycles. The van der Waals surface area contributed by atoms with E-state index in [0.717, 1.165) is 22.3 Å². The Morgan fingerprint density at radius 2 is 2.04 bits per heavy atom. The number of hydrogen-bond acceptors (Lipinski definition) is 5. The summed E-state index contributed by atoms with van der Waals surface area (Å²) in [6.45, 7) is 1.91. The van der Waals surface area contributed by atoms with Gasteiger partial charge in [0.05, 0.1) is 22.7 Å². The van der Waals surface area contributed by atoms with Crippen LogP contribution in [0.3, 0.4) is 0 Å². The molecule has 0 radical (unpaired) electrons. The summed E-state index contributed by atoms with van der Waals surface area (Å²) in [4.78, 5) is 17.0. The van der Waals surface area contributed by atoms with Crippen molar-refractivity contribution in [2.24, 2.45) is 4.99 Å². The lowest BCUT2D eigenvalue weighted by Crippen LogP contribution is -2.15. The van der Waals surface area contributed by atoms with Gasteiger partial charge in [-0.15, -0.1) is 0 Å². The van der Waals surface area contributed by atoms with Gasteiger partial charge in [-0.3, -0.25) is 15.0 Å². The van der Waals surface area contributed by atoms with Crippen LogP contribution in [0.4, 0.5) is 0 Å². The second kappa shape index (κ2) is 6.84. The fourth-order valence-electron chi connectivity index (χ4n) is 2.54. The molecule has 0 fully saturated rings. The number of nitrogens with zero attached hydrogens (tertiary/aromatic N) is 4. The fourth-order valence-corrected chi connectivity index (χ4v) is 2.69. The highest BCUT2D eigenvalue weighted by atomic mass is 35.5. The second-order valence-electron chi connectivity index (χ2n) is 5.43. The Balaban J connectivity index is 2.06. The number of rotatable bonds is 4. The zero-order valence-corrected chi connectivity index (χ0v) is 14.1. The highest BCUT2D eigenvalue weighted by molar-refractivity contribution is 6.29. The van der Waals surface area contributed by atoms with Crippen molar-refractivity contribution in [3.63, 3.8) is 0 Å². The van der Waals surface area contributed by atoms with Crippen LogP contribution >= 0.6 is 11.6 Å². The molecule has 1 atom stereocenters. The molecule has 24 heavy (non-hydrogen) atoms. The summed E-state index contributed by atoms with van der Waals surface area (Å²) in [5, 5.41) is 9.00. The minimum atomic E-state index is -0.311. The van der Waals surface area contributed by atoms with Gasteiger partial charge in [0, 0.05) is 31.3 Å². The third-order valence-corrected chi connectivity index (χ3v) is 3.91. The lowest BCUT2D eigenvalue weighted by Gasteiger charge is -2.15. The molecule has 0 saturated carbocycles. The fraction of sp³-hybridized carbons (Fsp3) is 0.167. The van der Waals surface area contributed by atoms with Crippen molar-refractivity contribution in [2.75, 3.05) is 7.05 Å². The first-order valence-electron chi connectivity index (χ1n) is 7.44. The van der Waals surface area contributed by atoms with Crippen LogP contribution in [0.1, 0.15) is 22.7 Å². The van der Waals surface area contributed by atoms with Crippen molar-refractivity contribution >= 4 is 34.6 Å². The molecule has 5 nitrogen and oxygen atoms in total. The molecule has 0 aliphatic heterocycles. The van der Waals surface area contributed by atoms with Crippen molar-refractivity contribution in [2.45, 2.75) is 12.8 Å². The van der Waals surface area contributed by atoms with Crippen molar-refractivity contribution in [1.29, 1.82) is 5.41 Å². The summed E-state index contributed by atoms with van der Waals surface area (Å²) in [6, 6.07) is 9.17. The first-order valence-corrected chi connectivity index (χ1v) is 7.82. The number of aryl methyl sites for hydroxylation is 1. The Labute approximate surface area is 145 Å². The van der Waals surface area contributed by atoms with Gasteiger partial charge in [-0.2, -0.15) is 0 Å². The topological polar surface area (TPSA) is 74.9 Å². The standard InChI is InChI=1S/C18H16ClN5/c1-11-7-12(5-6-22-11)18(20)14(10-21-2)13-8-16-15(23-9-13)3-4-17(19)24-16/h3-10,14,20H,1-2H3. The van der Waals surface area contributed by atoms with E-state index in [1.54, 1.807) is 31.7 Å². The average Bonchev–Trinajstić information content (AvgIpc) is 2.58. The van der Waals surface area contributed by atoms with E-state index in [9.17, 15) is 0 Å². The van der Waals surface area contributed by atoms with E-state index < -0.39 is 0 Å². The molecule has 3 aromatic heterocycles. The van der Waals surface area contributed by atoms with E-state index in [0.29, 0.717) is 16.4 Å². The van der Waals surface area contributed by atoms with Crippen molar-refractivity contribution in [3.05, 3.63) is 64.7 Å². The number of halogens is 1. The predicted octanol–water partition coefficient (Wildman–Crippen LogP) is 3.84. The van der Waals surface area contributed by atoms with Crippen molar-refractivity contribution in [1.82, 2.24) is 15.0 Å². The SMILES string of the molecule is CN=CC(C(=N)c1ccnc(C)c1)c1cnc2ccc(Cl)nc2c1. The molecule has 0 aliphatic carbocycles. The first-order chi connectivity index (χ1) is 11.6. The maximum atomic E-state index is 8.58. The summed E-state index contributed by atoms with van der Waals surface area (Å²) < 4.78 is 0. The Kier molecular flexibility index (Phi) is 4.62. The average molecular weight is 338 g/mol. The molecule has 3 aromatic rings. The van der Waals surface area contributed by atoms with Crippen LogP contribution in [0.2, 0.25) is 5.15 Å². The Hall–Kier alpha value is -2.66. The third-order valence-electron chi connectivity index (χ3n) is 3.70. The summed E-state index contributed by atoms with van der Waals surface area (Å²) >= 11 is 5.97. The molecular formula is C18H16ClN5. The zero-order chi connectivity index (χ0) is 17.1. The largest absolute Gasteiger partial charge is 0.304 e. The van der Waals surface area contributed by atoms with Crippen LogP contribution in [0.25, 0.3) is 11.0 Å². The van der Waals surface area contributed by atoms with Crippen LogP contribution < -0.4 is 0 Å². The smallest absolute Gasteiger partial charge is 0.129 e. The third kappa shape index (κ3) is 3.31. The first kappa shape index (κ1) is 16.2. The van der Waals surface area contributed by atoms with Gasteiger partial charge in [0.15, 0.2) is 0 Å². The van der Waals surface area contributed by atoms with Gasteiger partial charge >= 0.3 is 0 Å². The van der Waals surface area contributed by atoms with E-state index >= 15 is 0 Å². The number of aliphatic imine (C=N–C) groups is 1. The molecule has 0 saturated heterocycles. The maximum absolute atomic E-state index is 8.58. The van der Waals surface area contributed by atoms with Crippen LogP contribution in [0, 0.1) is 12.3 Å². The Morgan fingerprint density at radius 3 is 2.79 bits per heavy atom. The number of aromatic nitrogens is 3. The number of nitrogens with one attached hydrogen (secondary N) is 1.